The summed E-state index contributed by atoms with van der Waals surface area (Å²) in [5.74, 6) is 4.12. The fourth-order valence-corrected chi connectivity index (χ4v) is 1.80. The molecule has 1 aromatic heterocycles. The van der Waals surface area contributed by atoms with Gasteiger partial charge in [-0.15, -0.1) is 0 Å². The maximum atomic E-state index is 13.3. The van der Waals surface area contributed by atoms with Gasteiger partial charge in [0.15, 0.2) is 0 Å². The molecule has 1 atom stereocenters. The Morgan fingerprint density at radius 2 is 2.38 bits per heavy atom. The molecule has 21 heavy (non-hydrogen) atoms. The fraction of sp³-hybridized carbons (Fsp3) is 0.200. The normalized spacial score (nSPS) is 11.4. The smallest absolute Gasteiger partial charge is 0.253 e. The molecular weight excluding hydrogens is 273 g/mol. The fourth-order valence-electron chi connectivity index (χ4n) is 1.80. The molecule has 0 aliphatic carbocycles. The number of aromatic amines is 1. The summed E-state index contributed by atoms with van der Waals surface area (Å²) in [6, 6.07) is 3.48. The Morgan fingerprint density at radius 1 is 1.57 bits per heavy atom. The molecule has 5 nitrogen and oxygen atoms in total. The van der Waals surface area contributed by atoms with E-state index in [2.05, 4.69) is 27.4 Å². The third kappa shape index (κ3) is 3.68. The minimum atomic E-state index is -0.523. The Labute approximate surface area is 121 Å². The summed E-state index contributed by atoms with van der Waals surface area (Å²) in [5.41, 5.74) is 1.30. The summed E-state index contributed by atoms with van der Waals surface area (Å²) in [4.78, 5) is 12.2. The quantitative estimate of drug-likeness (QED) is 0.746. The molecular formula is C15H14FN3O2. The van der Waals surface area contributed by atoms with E-state index in [0.717, 1.165) is 11.6 Å². The number of rotatable bonds is 3. The van der Waals surface area contributed by atoms with Crippen molar-refractivity contribution in [2.45, 2.75) is 13.0 Å². The predicted molar refractivity (Wildman–Crippen MR) is 74.8 cm³/mol. The lowest BCUT2D eigenvalue weighted by atomic mass is 10.1. The van der Waals surface area contributed by atoms with Gasteiger partial charge in [0.25, 0.3) is 5.91 Å². The van der Waals surface area contributed by atoms with Gasteiger partial charge in [0.05, 0.1) is 17.8 Å². The second kappa shape index (κ2) is 6.68. The van der Waals surface area contributed by atoms with E-state index in [1.165, 1.54) is 12.1 Å². The molecule has 108 valence electrons. The number of amides is 1. The van der Waals surface area contributed by atoms with E-state index in [0.29, 0.717) is 5.56 Å². The number of hydrogen-bond donors (Lipinski definition) is 3. The third-order valence-corrected chi connectivity index (χ3v) is 2.90. The zero-order valence-corrected chi connectivity index (χ0v) is 11.4. The minimum absolute atomic E-state index is 0.131. The zero-order valence-electron chi connectivity index (χ0n) is 11.4. The number of halogens is 1. The average Bonchev–Trinajstić information content (AvgIpc) is 3.00. The van der Waals surface area contributed by atoms with Gasteiger partial charge in [0, 0.05) is 17.3 Å². The molecule has 1 aromatic carbocycles. The van der Waals surface area contributed by atoms with E-state index >= 15 is 0 Å². The Hall–Kier alpha value is -2.65. The van der Waals surface area contributed by atoms with E-state index in [1.807, 2.05) is 0 Å². The highest BCUT2D eigenvalue weighted by molar-refractivity contribution is 5.97. The number of aliphatic hydroxyl groups is 1. The van der Waals surface area contributed by atoms with Crippen molar-refractivity contribution in [3.05, 3.63) is 53.1 Å². The number of hydrogen-bond acceptors (Lipinski definition) is 3. The number of H-pyrrole nitrogens is 1. The number of nitrogens with zero attached hydrogens (tertiary/aromatic N) is 1. The summed E-state index contributed by atoms with van der Waals surface area (Å²) in [5, 5.41) is 17.9. The Bertz CT molecular complexity index is 687. The van der Waals surface area contributed by atoms with Gasteiger partial charge in [0.2, 0.25) is 0 Å². The summed E-state index contributed by atoms with van der Waals surface area (Å²) in [6.45, 7) is 1.46. The summed E-state index contributed by atoms with van der Waals surface area (Å²) >= 11 is 0. The van der Waals surface area contributed by atoms with Crippen molar-refractivity contribution < 1.29 is 14.3 Å². The van der Waals surface area contributed by atoms with Crippen molar-refractivity contribution in [3.8, 4) is 11.8 Å². The number of aliphatic hydroxyl groups excluding tert-OH is 1. The number of aromatic nitrogens is 2. The molecule has 0 fully saturated rings. The van der Waals surface area contributed by atoms with Crippen LogP contribution in [0.25, 0.3) is 0 Å². The molecule has 2 rings (SSSR count). The van der Waals surface area contributed by atoms with E-state index in [-0.39, 0.29) is 18.2 Å². The lowest BCUT2D eigenvalue weighted by molar-refractivity contribution is 0.0939. The topological polar surface area (TPSA) is 78.0 Å². The van der Waals surface area contributed by atoms with Crippen LogP contribution >= 0.6 is 0 Å². The van der Waals surface area contributed by atoms with E-state index in [9.17, 15) is 9.18 Å². The molecule has 1 heterocycles. The average molecular weight is 287 g/mol. The molecule has 3 N–H and O–H groups in total. The second-order valence-electron chi connectivity index (χ2n) is 4.38. The number of carbonyl (C=O) groups excluding carboxylic acids is 1. The van der Waals surface area contributed by atoms with Gasteiger partial charge in [-0.25, -0.2) is 4.39 Å². The van der Waals surface area contributed by atoms with Crippen LogP contribution in [0, 0.1) is 17.7 Å². The molecule has 6 heteroatoms. The predicted octanol–water partition coefficient (Wildman–Crippen LogP) is 1.38. The largest absolute Gasteiger partial charge is 0.384 e. The van der Waals surface area contributed by atoms with Crippen molar-refractivity contribution in [1.29, 1.82) is 0 Å². The van der Waals surface area contributed by atoms with Crippen molar-refractivity contribution in [1.82, 2.24) is 15.5 Å². The molecule has 1 unspecified atom stereocenters. The molecule has 1 amide bonds. The van der Waals surface area contributed by atoms with Crippen LogP contribution in [-0.4, -0.2) is 27.8 Å². The lowest BCUT2D eigenvalue weighted by Gasteiger charge is -2.13. The monoisotopic (exact) mass is 287 g/mol. The van der Waals surface area contributed by atoms with Crippen LogP contribution in [0.15, 0.2) is 30.6 Å². The van der Waals surface area contributed by atoms with Gasteiger partial charge < -0.3 is 10.4 Å². The first kappa shape index (κ1) is 14.8. The van der Waals surface area contributed by atoms with Crippen LogP contribution in [0.2, 0.25) is 0 Å². The van der Waals surface area contributed by atoms with Gasteiger partial charge in [-0.1, -0.05) is 11.8 Å². The molecule has 0 aliphatic heterocycles. The Kier molecular flexibility index (Phi) is 4.69. The third-order valence-electron chi connectivity index (χ3n) is 2.90. The van der Waals surface area contributed by atoms with Crippen molar-refractivity contribution in [2.24, 2.45) is 0 Å². The van der Waals surface area contributed by atoms with Crippen LogP contribution in [0.4, 0.5) is 4.39 Å². The standard InChI is InChI=1S/C15H14FN3O2/c1-10(12-8-17-18-9-12)19-15(21)14-7-13(16)5-4-11(14)3-2-6-20/h4-5,7-10,20H,6H2,1H3,(H,17,18)(H,19,21). The SMILES string of the molecule is CC(NC(=O)c1cc(F)ccc1C#CCO)c1cn[nH]c1. The molecule has 0 spiro atoms. The van der Waals surface area contributed by atoms with Crippen LogP contribution < -0.4 is 5.32 Å². The van der Waals surface area contributed by atoms with E-state index in [4.69, 9.17) is 5.11 Å². The maximum Gasteiger partial charge on any atom is 0.253 e. The highest BCUT2D eigenvalue weighted by Crippen LogP contribution is 2.14. The second-order valence-corrected chi connectivity index (χ2v) is 4.38. The molecule has 0 saturated carbocycles. The van der Waals surface area contributed by atoms with Gasteiger partial charge >= 0.3 is 0 Å². The maximum absolute atomic E-state index is 13.3. The number of carbonyl (C=O) groups is 1. The zero-order chi connectivity index (χ0) is 15.2. The van der Waals surface area contributed by atoms with Crippen LogP contribution in [0.5, 0.6) is 0 Å². The Morgan fingerprint density at radius 3 is 3.05 bits per heavy atom. The molecule has 0 radical (unpaired) electrons. The van der Waals surface area contributed by atoms with Gasteiger partial charge in [-0.2, -0.15) is 5.10 Å². The molecule has 0 bridgehead atoms. The van der Waals surface area contributed by atoms with Crippen LogP contribution in [0.1, 0.15) is 34.5 Å². The highest BCUT2D eigenvalue weighted by Gasteiger charge is 2.15. The van der Waals surface area contributed by atoms with Crippen molar-refractivity contribution in [2.75, 3.05) is 6.61 Å². The first-order valence-electron chi connectivity index (χ1n) is 6.30. The first-order chi connectivity index (χ1) is 10.1. The summed E-state index contributed by atoms with van der Waals surface area (Å²) in [7, 11) is 0. The van der Waals surface area contributed by atoms with Crippen LogP contribution in [0.3, 0.4) is 0 Å². The molecule has 2 aromatic rings. The van der Waals surface area contributed by atoms with Crippen molar-refractivity contribution in [3.63, 3.8) is 0 Å². The van der Waals surface area contributed by atoms with Crippen LogP contribution in [-0.2, 0) is 0 Å². The summed E-state index contributed by atoms with van der Waals surface area (Å²) in [6.07, 6.45) is 3.27. The van der Waals surface area contributed by atoms with E-state index < -0.39 is 11.7 Å². The lowest BCUT2D eigenvalue weighted by Crippen LogP contribution is -2.27. The Balaban J connectivity index is 2.24. The highest BCUT2D eigenvalue weighted by atomic mass is 19.1. The van der Waals surface area contributed by atoms with Gasteiger partial charge in [-0.05, 0) is 25.1 Å². The first-order valence-corrected chi connectivity index (χ1v) is 6.30. The summed E-state index contributed by atoms with van der Waals surface area (Å²) < 4.78 is 13.3. The molecule has 0 saturated heterocycles. The van der Waals surface area contributed by atoms with E-state index in [1.54, 1.807) is 19.3 Å². The number of nitrogens with one attached hydrogen (secondary N) is 2. The van der Waals surface area contributed by atoms with Gasteiger partial charge in [-0.3, -0.25) is 9.89 Å². The molecule has 0 aliphatic rings. The van der Waals surface area contributed by atoms with Crippen molar-refractivity contribution >= 4 is 5.91 Å². The number of benzene rings is 1. The van der Waals surface area contributed by atoms with Gasteiger partial charge in [0.1, 0.15) is 12.4 Å². The minimum Gasteiger partial charge on any atom is -0.384 e.